The number of nitrogens with two attached hydrogens (primary N) is 1. The summed E-state index contributed by atoms with van der Waals surface area (Å²) in [5.74, 6) is 0.623. The SMILES string of the molecule is COc1nccnc1OCC(O)CN1CCC(N)CC1. The highest BCUT2D eigenvalue weighted by atomic mass is 16.5. The Labute approximate surface area is 118 Å². The van der Waals surface area contributed by atoms with E-state index < -0.39 is 6.10 Å². The monoisotopic (exact) mass is 282 g/mol. The fourth-order valence-corrected chi connectivity index (χ4v) is 2.21. The van der Waals surface area contributed by atoms with E-state index in [4.69, 9.17) is 15.2 Å². The molecule has 0 aliphatic carbocycles. The number of piperidine rings is 1. The molecule has 7 heteroatoms. The molecular weight excluding hydrogens is 260 g/mol. The lowest BCUT2D eigenvalue weighted by atomic mass is 10.1. The van der Waals surface area contributed by atoms with E-state index >= 15 is 0 Å². The van der Waals surface area contributed by atoms with Gasteiger partial charge in [0.15, 0.2) is 0 Å². The van der Waals surface area contributed by atoms with Gasteiger partial charge < -0.3 is 25.2 Å². The van der Waals surface area contributed by atoms with Gasteiger partial charge in [-0.25, -0.2) is 9.97 Å². The summed E-state index contributed by atoms with van der Waals surface area (Å²) >= 11 is 0. The molecule has 0 bridgehead atoms. The van der Waals surface area contributed by atoms with E-state index in [1.807, 2.05) is 0 Å². The van der Waals surface area contributed by atoms with E-state index in [9.17, 15) is 5.11 Å². The first-order valence-electron chi connectivity index (χ1n) is 6.83. The molecule has 1 atom stereocenters. The lowest BCUT2D eigenvalue weighted by molar-refractivity contribution is 0.0570. The van der Waals surface area contributed by atoms with Gasteiger partial charge in [-0.3, -0.25) is 0 Å². The van der Waals surface area contributed by atoms with E-state index in [0.29, 0.717) is 24.3 Å². The second kappa shape index (κ2) is 7.37. The third kappa shape index (κ3) is 4.29. The first kappa shape index (κ1) is 15.0. The average molecular weight is 282 g/mol. The fraction of sp³-hybridized carbons (Fsp3) is 0.692. The van der Waals surface area contributed by atoms with Gasteiger partial charge in [-0.15, -0.1) is 0 Å². The lowest BCUT2D eigenvalue weighted by Gasteiger charge is -2.31. The van der Waals surface area contributed by atoms with Crippen molar-refractivity contribution in [2.24, 2.45) is 5.73 Å². The molecule has 0 spiro atoms. The molecule has 1 aliphatic heterocycles. The minimum absolute atomic E-state index is 0.164. The van der Waals surface area contributed by atoms with Crippen LogP contribution >= 0.6 is 0 Å². The van der Waals surface area contributed by atoms with Crippen LogP contribution in [-0.2, 0) is 0 Å². The average Bonchev–Trinajstić information content (AvgIpc) is 2.48. The van der Waals surface area contributed by atoms with Crippen LogP contribution in [0.5, 0.6) is 11.8 Å². The van der Waals surface area contributed by atoms with Gasteiger partial charge in [-0.05, 0) is 25.9 Å². The first-order chi connectivity index (χ1) is 9.69. The van der Waals surface area contributed by atoms with Crippen molar-refractivity contribution in [2.45, 2.75) is 25.0 Å². The van der Waals surface area contributed by atoms with Gasteiger partial charge in [0.25, 0.3) is 11.8 Å². The van der Waals surface area contributed by atoms with Crippen LogP contribution in [0.4, 0.5) is 0 Å². The number of ether oxygens (including phenoxy) is 2. The number of hydrogen-bond acceptors (Lipinski definition) is 7. The normalized spacial score (nSPS) is 18.8. The number of hydrogen-bond donors (Lipinski definition) is 2. The standard InChI is InChI=1S/C13H22N4O3/c1-19-12-13(16-5-4-15-12)20-9-11(18)8-17-6-2-10(14)3-7-17/h4-5,10-11,18H,2-3,6-9,14H2,1H3. The van der Waals surface area contributed by atoms with Crippen molar-refractivity contribution >= 4 is 0 Å². The van der Waals surface area contributed by atoms with Gasteiger partial charge in [-0.2, -0.15) is 0 Å². The number of aliphatic hydroxyl groups excluding tert-OH is 1. The van der Waals surface area contributed by atoms with Crippen molar-refractivity contribution in [3.63, 3.8) is 0 Å². The Hall–Kier alpha value is -1.44. The predicted molar refractivity (Wildman–Crippen MR) is 73.7 cm³/mol. The van der Waals surface area contributed by atoms with Crippen molar-refractivity contribution in [3.05, 3.63) is 12.4 Å². The molecule has 0 aromatic carbocycles. The van der Waals surface area contributed by atoms with E-state index in [1.165, 1.54) is 19.5 Å². The van der Waals surface area contributed by atoms with Crippen molar-refractivity contribution in [2.75, 3.05) is 33.4 Å². The van der Waals surface area contributed by atoms with Gasteiger partial charge in [0.2, 0.25) is 0 Å². The third-order valence-corrected chi connectivity index (χ3v) is 3.34. The smallest absolute Gasteiger partial charge is 0.278 e. The Bertz CT molecular complexity index is 410. The van der Waals surface area contributed by atoms with Crippen molar-refractivity contribution < 1.29 is 14.6 Å². The van der Waals surface area contributed by atoms with Crippen molar-refractivity contribution in [1.29, 1.82) is 0 Å². The highest BCUT2D eigenvalue weighted by molar-refractivity contribution is 5.23. The summed E-state index contributed by atoms with van der Waals surface area (Å²) in [5, 5.41) is 10.0. The molecule has 2 rings (SSSR count). The zero-order chi connectivity index (χ0) is 14.4. The quantitative estimate of drug-likeness (QED) is 0.736. The molecule has 7 nitrogen and oxygen atoms in total. The van der Waals surface area contributed by atoms with Crippen LogP contribution in [0.15, 0.2) is 12.4 Å². The van der Waals surface area contributed by atoms with Gasteiger partial charge >= 0.3 is 0 Å². The highest BCUT2D eigenvalue weighted by Gasteiger charge is 2.19. The molecule has 1 aromatic heterocycles. The van der Waals surface area contributed by atoms with Gasteiger partial charge in [0.05, 0.1) is 7.11 Å². The highest BCUT2D eigenvalue weighted by Crippen LogP contribution is 2.19. The van der Waals surface area contributed by atoms with Crippen LogP contribution in [-0.4, -0.2) is 65.5 Å². The van der Waals surface area contributed by atoms with E-state index in [1.54, 1.807) is 0 Å². The predicted octanol–water partition coefficient (Wildman–Crippen LogP) is -0.352. The first-order valence-corrected chi connectivity index (χ1v) is 6.83. The van der Waals surface area contributed by atoms with Crippen LogP contribution in [0.1, 0.15) is 12.8 Å². The van der Waals surface area contributed by atoms with Crippen molar-refractivity contribution in [1.82, 2.24) is 14.9 Å². The lowest BCUT2D eigenvalue weighted by Crippen LogP contribution is -2.44. The topological polar surface area (TPSA) is 93.7 Å². The number of aliphatic hydroxyl groups is 1. The van der Waals surface area contributed by atoms with Crippen LogP contribution in [0.2, 0.25) is 0 Å². The molecule has 0 amide bonds. The minimum Gasteiger partial charge on any atom is -0.477 e. The molecule has 0 radical (unpaired) electrons. The number of aromatic nitrogens is 2. The molecule has 2 heterocycles. The Balaban J connectivity index is 1.76. The summed E-state index contributed by atoms with van der Waals surface area (Å²) in [6, 6.07) is 0.295. The minimum atomic E-state index is -0.573. The summed E-state index contributed by atoms with van der Waals surface area (Å²) in [6.45, 7) is 2.59. The van der Waals surface area contributed by atoms with E-state index in [0.717, 1.165) is 25.9 Å². The molecule has 1 saturated heterocycles. The molecule has 112 valence electrons. The molecule has 20 heavy (non-hydrogen) atoms. The maximum Gasteiger partial charge on any atom is 0.278 e. The zero-order valence-corrected chi connectivity index (χ0v) is 11.7. The number of methoxy groups -OCH3 is 1. The molecule has 1 unspecified atom stereocenters. The number of nitrogens with zero attached hydrogens (tertiary/aromatic N) is 3. The Morgan fingerprint density at radius 1 is 1.35 bits per heavy atom. The van der Waals surface area contributed by atoms with Crippen LogP contribution in [0, 0.1) is 0 Å². The fourth-order valence-electron chi connectivity index (χ4n) is 2.21. The molecular formula is C13H22N4O3. The van der Waals surface area contributed by atoms with Crippen LogP contribution in [0.3, 0.4) is 0 Å². The Kier molecular flexibility index (Phi) is 5.51. The molecule has 0 saturated carbocycles. The number of likely N-dealkylation sites (tertiary alicyclic amines) is 1. The van der Waals surface area contributed by atoms with Crippen LogP contribution in [0.25, 0.3) is 0 Å². The molecule has 1 fully saturated rings. The number of rotatable bonds is 6. The summed E-state index contributed by atoms with van der Waals surface area (Å²) in [7, 11) is 1.50. The Morgan fingerprint density at radius 3 is 2.65 bits per heavy atom. The van der Waals surface area contributed by atoms with E-state index in [-0.39, 0.29) is 6.61 Å². The summed E-state index contributed by atoms with van der Waals surface area (Å²) in [6.07, 6.45) is 4.43. The molecule has 1 aliphatic rings. The van der Waals surface area contributed by atoms with Crippen LogP contribution < -0.4 is 15.2 Å². The largest absolute Gasteiger partial charge is 0.477 e. The van der Waals surface area contributed by atoms with Crippen molar-refractivity contribution in [3.8, 4) is 11.8 Å². The molecule has 1 aromatic rings. The summed E-state index contributed by atoms with van der Waals surface area (Å²) in [4.78, 5) is 10.2. The van der Waals surface area contributed by atoms with E-state index in [2.05, 4.69) is 14.9 Å². The third-order valence-electron chi connectivity index (χ3n) is 3.34. The second-order valence-corrected chi connectivity index (χ2v) is 4.97. The number of β-amino-alcohol motifs (C(OH)–C–C–N with tert-alkyl or cyclic N) is 1. The van der Waals surface area contributed by atoms with Gasteiger partial charge in [0, 0.05) is 25.0 Å². The second-order valence-electron chi connectivity index (χ2n) is 4.97. The molecule has 3 N–H and O–H groups in total. The summed E-state index contributed by atoms with van der Waals surface area (Å²) in [5.41, 5.74) is 5.85. The maximum absolute atomic E-state index is 10.0. The van der Waals surface area contributed by atoms with Gasteiger partial charge in [0.1, 0.15) is 12.7 Å². The maximum atomic E-state index is 10.0. The van der Waals surface area contributed by atoms with Gasteiger partial charge in [-0.1, -0.05) is 0 Å². The summed E-state index contributed by atoms with van der Waals surface area (Å²) < 4.78 is 10.5. The Morgan fingerprint density at radius 2 is 2.00 bits per heavy atom. The zero-order valence-electron chi connectivity index (χ0n) is 11.7.